The van der Waals surface area contributed by atoms with Crippen molar-refractivity contribution in [1.29, 1.82) is 0 Å². The minimum atomic E-state index is -0.218. The van der Waals surface area contributed by atoms with Gasteiger partial charge in [-0.3, -0.25) is 9.59 Å². The molecule has 3 fully saturated rings. The van der Waals surface area contributed by atoms with Gasteiger partial charge < -0.3 is 10.2 Å². The maximum atomic E-state index is 12.6. The van der Waals surface area contributed by atoms with Gasteiger partial charge in [-0.1, -0.05) is 19.8 Å². The third kappa shape index (κ3) is 2.63. The maximum Gasteiger partial charge on any atom is 0.246 e. The van der Waals surface area contributed by atoms with Gasteiger partial charge in [0.15, 0.2) is 0 Å². The average Bonchev–Trinajstić information content (AvgIpc) is 3.26. The third-order valence-electron chi connectivity index (χ3n) is 4.62. The first-order valence-electron chi connectivity index (χ1n) is 7.83. The largest absolute Gasteiger partial charge is 0.342 e. The number of rotatable bonds is 6. The van der Waals surface area contributed by atoms with Gasteiger partial charge in [-0.05, 0) is 43.9 Å². The van der Waals surface area contributed by atoms with Crippen molar-refractivity contribution < 1.29 is 9.59 Å². The molecule has 4 nitrogen and oxygen atoms in total. The third-order valence-corrected chi connectivity index (χ3v) is 4.62. The van der Waals surface area contributed by atoms with E-state index in [2.05, 4.69) is 12.2 Å². The van der Waals surface area contributed by atoms with E-state index < -0.39 is 0 Å². The molecular formula is C15H24N2O2. The smallest absolute Gasteiger partial charge is 0.246 e. The first-order chi connectivity index (χ1) is 9.22. The van der Waals surface area contributed by atoms with E-state index >= 15 is 0 Å². The Morgan fingerprint density at radius 3 is 2.37 bits per heavy atom. The van der Waals surface area contributed by atoms with Gasteiger partial charge in [0.25, 0.3) is 0 Å². The zero-order chi connectivity index (χ0) is 13.4. The van der Waals surface area contributed by atoms with Gasteiger partial charge in [-0.2, -0.15) is 0 Å². The van der Waals surface area contributed by atoms with Crippen LogP contribution in [-0.4, -0.2) is 35.3 Å². The number of piperazine rings is 1. The second kappa shape index (κ2) is 5.14. The lowest BCUT2D eigenvalue weighted by molar-refractivity contribution is -0.151. The summed E-state index contributed by atoms with van der Waals surface area (Å²) >= 11 is 0. The molecule has 2 amide bonds. The monoisotopic (exact) mass is 264 g/mol. The first-order valence-corrected chi connectivity index (χ1v) is 7.83. The lowest BCUT2D eigenvalue weighted by atomic mass is 10.00. The summed E-state index contributed by atoms with van der Waals surface area (Å²) < 4.78 is 0. The molecule has 0 bridgehead atoms. The van der Waals surface area contributed by atoms with Crippen molar-refractivity contribution in [3.05, 3.63) is 0 Å². The van der Waals surface area contributed by atoms with E-state index in [0.29, 0.717) is 11.8 Å². The SMILES string of the molecule is CCCCCN1C(=O)C(C2CC2)NC(=O)C1C1CC1. The van der Waals surface area contributed by atoms with Crippen LogP contribution in [0.2, 0.25) is 0 Å². The van der Waals surface area contributed by atoms with E-state index in [1.807, 2.05) is 4.90 Å². The topological polar surface area (TPSA) is 49.4 Å². The summed E-state index contributed by atoms with van der Waals surface area (Å²) in [5, 5.41) is 2.99. The molecule has 3 aliphatic rings. The number of carbonyl (C=O) groups is 2. The molecule has 2 atom stereocenters. The Bertz CT molecular complexity index is 374. The van der Waals surface area contributed by atoms with Crippen LogP contribution in [-0.2, 0) is 9.59 Å². The van der Waals surface area contributed by atoms with Gasteiger partial charge in [-0.25, -0.2) is 0 Å². The highest BCUT2D eigenvalue weighted by atomic mass is 16.2. The molecule has 0 aromatic heterocycles. The fourth-order valence-corrected chi connectivity index (χ4v) is 3.17. The Kier molecular flexibility index (Phi) is 3.50. The van der Waals surface area contributed by atoms with Crippen LogP contribution in [0.1, 0.15) is 51.9 Å². The molecule has 0 aromatic rings. The van der Waals surface area contributed by atoms with E-state index in [-0.39, 0.29) is 23.9 Å². The number of nitrogens with zero attached hydrogens (tertiary/aromatic N) is 1. The summed E-state index contributed by atoms with van der Waals surface area (Å²) in [5.74, 6) is 1.13. The molecule has 0 aromatic carbocycles. The van der Waals surface area contributed by atoms with Crippen LogP contribution in [0.5, 0.6) is 0 Å². The van der Waals surface area contributed by atoms with Crippen molar-refractivity contribution in [2.45, 2.75) is 64.0 Å². The van der Waals surface area contributed by atoms with Gasteiger partial charge in [0, 0.05) is 6.54 Å². The minimum absolute atomic E-state index is 0.107. The van der Waals surface area contributed by atoms with E-state index in [1.54, 1.807) is 0 Å². The van der Waals surface area contributed by atoms with Crippen molar-refractivity contribution in [1.82, 2.24) is 10.2 Å². The molecule has 0 spiro atoms. The van der Waals surface area contributed by atoms with Crippen molar-refractivity contribution in [3.8, 4) is 0 Å². The summed E-state index contributed by atoms with van der Waals surface area (Å²) in [6, 6.07) is -0.386. The fraction of sp³-hybridized carbons (Fsp3) is 0.867. The van der Waals surface area contributed by atoms with Crippen molar-refractivity contribution >= 4 is 11.8 Å². The predicted octanol–water partition coefficient (Wildman–Crippen LogP) is 1.69. The Morgan fingerprint density at radius 2 is 1.79 bits per heavy atom. The van der Waals surface area contributed by atoms with Gasteiger partial charge in [0.1, 0.15) is 12.1 Å². The highest BCUT2D eigenvalue weighted by molar-refractivity contribution is 5.97. The number of amides is 2. The average molecular weight is 264 g/mol. The number of unbranched alkanes of at least 4 members (excludes halogenated alkanes) is 2. The molecule has 19 heavy (non-hydrogen) atoms. The molecule has 2 saturated carbocycles. The molecule has 1 N–H and O–H groups in total. The van der Waals surface area contributed by atoms with Crippen LogP contribution in [0.3, 0.4) is 0 Å². The summed E-state index contributed by atoms with van der Waals surface area (Å²) in [7, 11) is 0. The standard InChI is InChI=1S/C15H24N2O2/c1-2-3-4-9-17-13(11-7-8-11)14(18)16-12(15(17)19)10-5-6-10/h10-13H,2-9H2,1H3,(H,16,18). The summed E-state index contributed by atoms with van der Waals surface area (Å²) in [6.45, 7) is 2.93. The van der Waals surface area contributed by atoms with E-state index in [4.69, 9.17) is 0 Å². The van der Waals surface area contributed by atoms with Gasteiger partial charge >= 0.3 is 0 Å². The molecule has 3 rings (SSSR count). The number of carbonyl (C=O) groups excluding carboxylic acids is 2. The molecule has 2 aliphatic carbocycles. The van der Waals surface area contributed by atoms with Gasteiger partial charge in [-0.15, -0.1) is 0 Å². The van der Waals surface area contributed by atoms with Crippen LogP contribution < -0.4 is 5.32 Å². The van der Waals surface area contributed by atoms with Crippen LogP contribution in [0, 0.1) is 11.8 Å². The van der Waals surface area contributed by atoms with Crippen LogP contribution in [0.15, 0.2) is 0 Å². The number of hydrogen-bond acceptors (Lipinski definition) is 2. The number of hydrogen-bond donors (Lipinski definition) is 1. The quantitative estimate of drug-likeness (QED) is 0.742. The van der Waals surface area contributed by atoms with E-state index in [0.717, 1.165) is 51.5 Å². The maximum absolute atomic E-state index is 12.6. The van der Waals surface area contributed by atoms with Crippen molar-refractivity contribution in [2.75, 3.05) is 6.54 Å². The molecule has 1 aliphatic heterocycles. The Morgan fingerprint density at radius 1 is 1.11 bits per heavy atom. The molecule has 1 saturated heterocycles. The summed E-state index contributed by atoms with van der Waals surface area (Å²) in [6.07, 6.45) is 7.69. The van der Waals surface area contributed by atoms with Gasteiger partial charge in [0.05, 0.1) is 0 Å². The van der Waals surface area contributed by atoms with Crippen molar-refractivity contribution in [2.24, 2.45) is 11.8 Å². The lowest BCUT2D eigenvalue weighted by Crippen LogP contribution is -2.64. The molecule has 0 radical (unpaired) electrons. The van der Waals surface area contributed by atoms with E-state index in [1.165, 1.54) is 0 Å². The molecule has 2 unspecified atom stereocenters. The van der Waals surface area contributed by atoms with Crippen LogP contribution >= 0.6 is 0 Å². The zero-order valence-electron chi connectivity index (χ0n) is 11.7. The molecule has 4 heteroatoms. The first kappa shape index (κ1) is 12.9. The van der Waals surface area contributed by atoms with Gasteiger partial charge in [0.2, 0.25) is 11.8 Å². The van der Waals surface area contributed by atoms with Crippen molar-refractivity contribution in [3.63, 3.8) is 0 Å². The Hall–Kier alpha value is -1.06. The Balaban J connectivity index is 1.71. The molecule has 1 heterocycles. The normalized spacial score (nSPS) is 31.5. The van der Waals surface area contributed by atoms with Crippen LogP contribution in [0.4, 0.5) is 0 Å². The summed E-state index contributed by atoms with van der Waals surface area (Å²) in [4.78, 5) is 26.8. The van der Waals surface area contributed by atoms with Crippen LogP contribution in [0.25, 0.3) is 0 Å². The number of nitrogens with one attached hydrogen (secondary N) is 1. The fourth-order valence-electron chi connectivity index (χ4n) is 3.17. The Labute approximate surface area is 114 Å². The minimum Gasteiger partial charge on any atom is -0.342 e. The lowest BCUT2D eigenvalue weighted by Gasteiger charge is -2.39. The molecule has 106 valence electrons. The highest BCUT2D eigenvalue weighted by Crippen LogP contribution is 2.40. The highest BCUT2D eigenvalue weighted by Gasteiger charge is 2.50. The molecular weight excluding hydrogens is 240 g/mol. The second-order valence-corrected chi connectivity index (χ2v) is 6.34. The summed E-state index contributed by atoms with van der Waals surface area (Å²) in [5.41, 5.74) is 0. The van der Waals surface area contributed by atoms with E-state index in [9.17, 15) is 9.59 Å². The predicted molar refractivity (Wildman–Crippen MR) is 72.4 cm³/mol. The zero-order valence-corrected chi connectivity index (χ0v) is 11.7. The second-order valence-electron chi connectivity index (χ2n) is 6.34.